The van der Waals surface area contributed by atoms with Gasteiger partial charge in [-0.3, -0.25) is 9.69 Å². The molecule has 0 amide bonds. The maximum Gasteiger partial charge on any atom is 0.164 e. The Morgan fingerprint density at radius 1 is 1.24 bits per heavy atom. The molecule has 1 saturated carbocycles. The molecule has 3 nitrogen and oxygen atoms in total. The third-order valence-corrected chi connectivity index (χ3v) is 4.85. The average Bonchev–Trinajstić information content (AvgIpc) is 2.53. The maximum atomic E-state index is 12.3. The molecule has 0 aromatic heterocycles. The second-order valence-electron chi connectivity index (χ2n) is 6.34. The highest BCUT2D eigenvalue weighted by Gasteiger charge is 2.33. The van der Waals surface area contributed by atoms with Gasteiger partial charge in [-0.2, -0.15) is 0 Å². The minimum absolute atomic E-state index is 0.258. The second kappa shape index (κ2) is 6.71. The van der Waals surface area contributed by atoms with Crippen molar-refractivity contribution >= 4 is 5.78 Å². The number of hydrogen-bond donors (Lipinski definition) is 0. The highest BCUT2D eigenvalue weighted by atomic mass is 16.5. The summed E-state index contributed by atoms with van der Waals surface area (Å²) in [5.41, 5.74) is 2.04. The molecular weight excluding hydrogens is 262 g/mol. The third kappa shape index (κ3) is 3.53. The molecule has 3 heteroatoms. The second-order valence-corrected chi connectivity index (χ2v) is 6.34. The molecule has 1 aromatic rings. The first-order chi connectivity index (χ1) is 10.2. The van der Waals surface area contributed by atoms with E-state index >= 15 is 0 Å². The minimum atomic E-state index is 0.258. The van der Waals surface area contributed by atoms with E-state index in [1.807, 2.05) is 31.2 Å². The molecule has 1 aliphatic heterocycles. The number of carbonyl (C=O) groups is 1. The van der Waals surface area contributed by atoms with Gasteiger partial charge in [-0.05, 0) is 19.8 Å². The van der Waals surface area contributed by atoms with Gasteiger partial charge in [0.25, 0.3) is 0 Å². The van der Waals surface area contributed by atoms with Crippen LogP contribution in [0.2, 0.25) is 0 Å². The predicted molar refractivity (Wildman–Crippen MR) is 83.7 cm³/mol. The highest BCUT2D eigenvalue weighted by Crippen LogP contribution is 2.28. The Kier molecular flexibility index (Phi) is 4.71. The molecule has 2 atom stereocenters. The normalized spacial score (nSPS) is 26.3. The van der Waals surface area contributed by atoms with Gasteiger partial charge in [0.05, 0.1) is 12.7 Å². The Hall–Kier alpha value is -1.19. The maximum absolute atomic E-state index is 12.3. The molecule has 0 radical (unpaired) electrons. The molecule has 1 saturated heterocycles. The lowest BCUT2D eigenvalue weighted by Gasteiger charge is -2.43. The number of Topliss-reactive ketones (excluding diaryl/α,β-unsaturated/α-hetero) is 1. The van der Waals surface area contributed by atoms with Crippen molar-refractivity contribution < 1.29 is 9.53 Å². The molecular formula is C18H25NO2. The SMILES string of the molecule is Cc1ccc(C(=O)CCN2CCOC3CCCCC32)cc1. The number of carbonyl (C=O) groups excluding carboxylic acids is 1. The molecule has 2 unspecified atom stereocenters. The van der Waals surface area contributed by atoms with Crippen molar-refractivity contribution in [2.45, 2.75) is 51.2 Å². The predicted octanol–water partition coefficient (Wildman–Crippen LogP) is 3.21. The zero-order valence-corrected chi connectivity index (χ0v) is 12.9. The number of nitrogens with zero attached hydrogens (tertiary/aromatic N) is 1. The number of aryl methyl sites for hydroxylation is 1. The Morgan fingerprint density at radius 3 is 2.81 bits per heavy atom. The lowest BCUT2D eigenvalue weighted by Crippen LogP contribution is -2.53. The summed E-state index contributed by atoms with van der Waals surface area (Å²) in [5, 5.41) is 0. The Bertz CT molecular complexity index is 480. The first kappa shape index (κ1) is 14.7. The Balaban J connectivity index is 1.56. The fourth-order valence-electron chi connectivity index (χ4n) is 3.58. The van der Waals surface area contributed by atoms with Crippen LogP contribution in [0, 0.1) is 6.92 Å². The van der Waals surface area contributed by atoms with Crippen LogP contribution >= 0.6 is 0 Å². The van der Waals surface area contributed by atoms with Gasteiger partial charge in [-0.1, -0.05) is 42.7 Å². The van der Waals surface area contributed by atoms with Gasteiger partial charge in [0.2, 0.25) is 0 Å². The van der Waals surface area contributed by atoms with Crippen molar-refractivity contribution in [3.63, 3.8) is 0 Å². The highest BCUT2D eigenvalue weighted by molar-refractivity contribution is 5.96. The van der Waals surface area contributed by atoms with Gasteiger partial charge < -0.3 is 4.74 Å². The van der Waals surface area contributed by atoms with Crippen molar-refractivity contribution in [2.75, 3.05) is 19.7 Å². The van der Waals surface area contributed by atoms with Crippen LogP contribution in [0.4, 0.5) is 0 Å². The summed E-state index contributed by atoms with van der Waals surface area (Å²) < 4.78 is 5.89. The van der Waals surface area contributed by atoms with Gasteiger partial charge in [-0.25, -0.2) is 0 Å². The Morgan fingerprint density at radius 2 is 2.00 bits per heavy atom. The van der Waals surface area contributed by atoms with Gasteiger partial charge in [0.1, 0.15) is 0 Å². The van der Waals surface area contributed by atoms with Crippen LogP contribution in [0.1, 0.15) is 48.0 Å². The number of fused-ring (bicyclic) bond motifs is 1. The van der Waals surface area contributed by atoms with Crippen LogP contribution in [-0.4, -0.2) is 42.5 Å². The van der Waals surface area contributed by atoms with Crippen molar-refractivity contribution in [2.24, 2.45) is 0 Å². The van der Waals surface area contributed by atoms with Crippen LogP contribution in [0.25, 0.3) is 0 Å². The third-order valence-electron chi connectivity index (χ3n) is 4.85. The minimum Gasteiger partial charge on any atom is -0.375 e. The summed E-state index contributed by atoms with van der Waals surface area (Å²) in [7, 11) is 0. The van der Waals surface area contributed by atoms with E-state index in [1.165, 1.54) is 31.2 Å². The van der Waals surface area contributed by atoms with E-state index in [9.17, 15) is 4.79 Å². The number of morpholine rings is 1. The van der Waals surface area contributed by atoms with E-state index in [4.69, 9.17) is 4.74 Å². The monoisotopic (exact) mass is 287 g/mol. The van der Waals surface area contributed by atoms with Crippen LogP contribution in [0.15, 0.2) is 24.3 Å². The van der Waals surface area contributed by atoms with Crippen LogP contribution in [0.5, 0.6) is 0 Å². The van der Waals surface area contributed by atoms with E-state index in [-0.39, 0.29) is 5.78 Å². The summed E-state index contributed by atoms with van der Waals surface area (Å²) >= 11 is 0. The molecule has 2 fully saturated rings. The fourth-order valence-corrected chi connectivity index (χ4v) is 3.58. The Labute approximate surface area is 127 Å². The molecule has 0 bridgehead atoms. The molecule has 3 rings (SSSR count). The van der Waals surface area contributed by atoms with E-state index in [1.54, 1.807) is 0 Å². The zero-order chi connectivity index (χ0) is 14.7. The molecule has 21 heavy (non-hydrogen) atoms. The molecule has 0 N–H and O–H groups in total. The van der Waals surface area contributed by atoms with Crippen molar-refractivity contribution in [1.29, 1.82) is 0 Å². The van der Waals surface area contributed by atoms with E-state index in [0.717, 1.165) is 25.3 Å². The molecule has 1 heterocycles. The zero-order valence-electron chi connectivity index (χ0n) is 12.9. The number of ether oxygens (including phenoxy) is 1. The summed E-state index contributed by atoms with van der Waals surface area (Å²) in [6.45, 7) is 4.71. The number of rotatable bonds is 4. The molecule has 2 aliphatic rings. The summed E-state index contributed by atoms with van der Waals surface area (Å²) in [6, 6.07) is 8.46. The van der Waals surface area contributed by atoms with Gasteiger partial charge in [0, 0.05) is 31.1 Å². The smallest absolute Gasteiger partial charge is 0.164 e. The summed E-state index contributed by atoms with van der Waals surface area (Å²) in [6.07, 6.45) is 6.02. The lowest BCUT2D eigenvalue weighted by molar-refractivity contribution is -0.0874. The van der Waals surface area contributed by atoms with Crippen molar-refractivity contribution in [1.82, 2.24) is 4.90 Å². The quantitative estimate of drug-likeness (QED) is 0.796. The topological polar surface area (TPSA) is 29.5 Å². The number of ketones is 1. The number of hydrogen-bond acceptors (Lipinski definition) is 3. The standard InChI is InChI=1S/C18H25NO2/c1-14-6-8-15(9-7-14)17(20)10-11-19-12-13-21-18-5-3-2-4-16(18)19/h6-9,16,18H,2-5,10-13H2,1H3. The fraction of sp³-hybridized carbons (Fsp3) is 0.611. The average molecular weight is 287 g/mol. The van der Waals surface area contributed by atoms with Crippen molar-refractivity contribution in [3.8, 4) is 0 Å². The molecule has 114 valence electrons. The van der Waals surface area contributed by atoms with Crippen LogP contribution in [-0.2, 0) is 4.74 Å². The largest absolute Gasteiger partial charge is 0.375 e. The first-order valence-corrected chi connectivity index (χ1v) is 8.19. The molecule has 1 aromatic carbocycles. The summed E-state index contributed by atoms with van der Waals surface area (Å²) in [4.78, 5) is 14.8. The molecule has 0 spiro atoms. The first-order valence-electron chi connectivity index (χ1n) is 8.19. The molecule has 1 aliphatic carbocycles. The van der Waals surface area contributed by atoms with Gasteiger partial charge >= 0.3 is 0 Å². The van der Waals surface area contributed by atoms with Crippen molar-refractivity contribution in [3.05, 3.63) is 35.4 Å². The lowest BCUT2D eigenvalue weighted by atomic mass is 9.90. The van der Waals surface area contributed by atoms with E-state index < -0.39 is 0 Å². The van der Waals surface area contributed by atoms with Gasteiger partial charge in [0.15, 0.2) is 5.78 Å². The van der Waals surface area contributed by atoms with Crippen LogP contribution in [0.3, 0.4) is 0 Å². The van der Waals surface area contributed by atoms with Gasteiger partial charge in [-0.15, -0.1) is 0 Å². The van der Waals surface area contributed by atoms with Crippen LogP contribution < -0.4 is 0 Å². The number of benzene rings is 1. The van der Waals surface area contributed by atoms with E-state index in [2.05, 4.69) is 4.90 Å². The summed E-state index contributed by atoms with van der Waals surface area (Å²) in [5.74, 6) is 0.258. The van der Waals surface area contributed by atoms with E-state index in [0.29, 0.717) is 18.6 Å².